The first kappa shape index (κ1) is 15.8. The number of hydrogen-bond donors (Lipinski definition) is 1. The number of nitrogens with one attached hydrogen (secondary N) is 1. The van der Waals surface area contributed by atoms with Crippen LogP contribution in [0.4, 0.5) is 0 Å². The van der Waals surface area contributed by atoms with Crippen LogP contribution in [-0.4, -0.2) is 26.3 Å². The van der Waals surface area contributed by atoms with E-state index in [9.17, 15) is 14.4 Å². The van der Waals surface area contributed by atoms with Gasteiger partial charge in [0.2, 0.25) is 0 Å². The summed E-state index contributed by atoms with van der Waals surface area (Å²) in [7, 11) is 1.53. The molecule has 6 nitrogen and oxygen atoms in total. The molecular weight excluding hydrogens is 337 g/mol. The van der Waals surface area contributed by atoms with Crippen molar-refractivity contribution < 1.29 is 4.79 Å². The van der Waals surface area contributed by atoms with Crippen LogP contribution >= 0.6 is 35.0 Å². The van der Waals surface area contributed by atoms with Gasteiger partial charge in [-0.15, -0.1) is 0 Å². The molecule has 2 aromatic rings. The Hall–Kier alpha value is -1.57. The number of carbonyl (C=O) groups is 1. The van der Waals surface area contributed by atoms with Gasteiger partial charge in [0.25, 0.3) is 0 Å². The van der Waals surface area contributed by atoms with Gasteiger partial charge < -0.3 is 0 Å². The van der Waals surface area contributed by atoms with Crippen molar-refractivity contribution in [3.63, 3.8) is 0 Å². The summed E-state index contributed by atoms with van der Waals surface area (Å²) in [5, 5.41) is 3.21. The molecule has 0 bridgehead atoms. The highest BCUT2D eigenvalue weighted by molar-refractivity contribution is 7.99. The maximum Gasteiger partial charge on any atom is 0.339 e. The fourth-order valence-corrected chi connectivity index (χ4v) is 2.58. The van der Waals surface area contributed by atoms with Crippen LogP contribution in [0.25, 0.3) is 0 Å². The van der Waals surface area contributed by atoms with Crippen LogP contribution in [0.15, 0.2) is 32.9 Å². The number of aryl methyl sites for hydroxylation is 1. The number of nitrogens with zero attached hydrogens (tertiary/aromatic N) is 2. The third-order valence-electron chi connectivity index (χ3n) is 2.52. The molecule has 0 saturated carbocycles. The Labute approximate surface area is 133 Å². The van der Waals surface area contributed by atoms with Gasteiger partial charge >= 0.3 is 11.1 Å². The van der Waals surface area contributed by atoms with Crippen molar-refractivity contribution in [1.82, 2.24) is 14.8 Å². The molecule has 0 radical (unpaired) electrons. The van der Waals surface area contributed by atoms with Gasteiger partial charge in [0.15, 0.2) is 10.9 Å². The van der Waals surface area contributed by atoms with E-state index in [1.54, 1.807) is 6.07 Å². The number of H-pyrrole nitrogens is 1. The summed E-state index contributed by atoms with van der Waals surface area (Å²) < 4.78 is 1.29. The molecule has 110 valence electrons. The van der Waals surface area contributed by atoms with Gasteiger partial charge in [-0.1, -0.05) is 35.0 Å². The second-order valence-electron chi connectivity index (χ2n) is 4.04. The van der Waals surface area contributed by atoms with E-state index < -0.39 is 11.1 Å². The molecule has 2 rings (SSSR count). The average molecular weight is 346 g/mol. The number of rotatable bonds is 4. The molecule has 21 heavy (non-hydrogen) atoms. The van der Waals surface area contributed by atoms with E-state index in [0.29, 0.717) is 15.6 Å². The van der Waals surface area contributed by atoms with Crippen molar-refractivity contribution in [1.29, 1.82) is 0 Å². The van der Waals surface area contributed by atoms with Gasteiger partial charge in [0, 0.05) is 12.6 Å². The molecule has 0 aliphatic carbocycles. The normalized spacial score (nSPS) is 10.6. The third-order valence-corrected chi connectivity index (χ3v) is 4.29. The predicted octanol–water partition coefficient (Wildman–Crippen LogP) is 1.75. The van der Waals surface area contributed by atoms with Crippen molar-refractivity contribution >= 4 is 40.7 Å². The molecule has 0 amide bonds. The first-order valence-corrected chi connectivity index (χ1v) is 7.41. The highest BCUT2D eigenvalue weighted by Gasteiger charge is 2.11. The van der Waals surface area contributed by atoms with E-state index in [-0.39, 0.29) is 16.7 Å². The van der Waals surface area contributed by atoms with Gasteiger partial charge in [-0.05, 0) is 18.2 Å². The molecule has 1 aromatic heterocycles. The Kier molecular flexibility index (Phi) is 4.87. The zero-order valence-corrected chi connectivity index (χ0v) is 13.1. The molecular formula is C12H9Cl2N3O3S. The number of ketones is 1. The van der Waals surface area contributed by atoms with E-state index in [0.717, 1.165) is 11.8 Å². The lowest BCUT2D eigenvalue weighted by atomic mass is 10.1. The lowest BCUT2D eigenvalue weighted by molar-refractivity contribution is 0.102. The lowest BCUT2D eigenvalue weighted by Crippen LogP contribution is -2.34. The number of carbonyl (C=O) groups excluding carboxylic acids is 1. The summed E-state index contributed by atoms with van der Waals surface area (Å²) in [5.74, 6) is -0.149. The number of halogens is 2. The van der Waals surface area contributed by atoms with Crippen molar-refractivity contribution in [2.24, 2.45) is 7.05 Å². The molecule has 0 atom stereocenters. The highest BCUT2D eigenvalue weighted by Crippen LogP contribution is 2.23. The summed E-state index contributed by atoms with van der Waals surface area (Å²) in [4.78, 5) is 37.9. The molecule has 9 heteroatoms. The van der Waals surface area contributed by atoms with Crippen LogP contribution in [0.3, 0.4) is 0 Å². The van der Waals surface area contributed by atoms with E-state index in [4.69, 9.17) is 23.2 Å². The molecule has 0 saturated heterocycles. The summed E-state index contributed by atoms with van der Waals surface area (Å²) in [6, 6.07) is 4.58. The molecule has 0 aliphatic rings. The summed E-state index contributed by atoms with van der Waals surface area (Å²) >= 11 is 12.7. The largest absolute Gasteiger partial charge is 0.339 e. The fraction of sp³-hybridized carbons (Fsp3) is 0.167. The van der Waals surface area contributed by atoms with Gasteiger partial charge in [0.05, 0.1) is 15.8 Å². The third kappa shape index (κ3) is 3.75. The van der Waals surface area contributed by atoms with Crippen molar-refractivity contribution in [2.45, 2.75) is 5.16 Å². The van der Waals surface area contributed by atoms with E-state index >= 15 is 0 Å². The van der Waals surface area contributed by atoms with Gasteiger partial charge in [-0.25, -0.2) is 0 Å². The summed E-state index contributed by atoms with van der Waals surface area (Å²) in [6.07, 6.45) is 0. The predicted molar refractivity (Wildman–Crippen MR) is 81.6 cm³/mol. The molecule has 0 fully saturated rings. The monoisotopic (exact) mass is 345 g/mol. The standard InChI is InChI=1S/C12H9Cl2N3O3S/c1-17-12(15-10(19)11(20)16-17)21-5-9(18)6-2-3-7(13)8(14)4-6/h2-4H,5H2,1H3,(H,16,20). The number of benzene rings is 1. The molecule has 1 aromatic carbocycles. The van der Waals surface area contributed by atoms with Crippen molar-refractivity contribution in [3.05, 3.63) is 54.5 Å². The number of hydrogen-bond acceptors (Lipinski definition) is 5. The Bertz CT molecular complexity index is 816. The second-order valence-corrected chi connectivity index (χ2v) is 5.80. The zero-order chi connectivity index (χ0) is 15.6. The second kappa shape index (κ2) is 6.46. The first-order chi connectivity index (χ1) is 9.88. The number of aromatic amines is 1. The number of Topliss-reactive ketones (excluding diaryl/α,β-unsaturated/α-hetero) is 1. The SMILES string of the molecule is Cn1[nH]c(=O)c(=O)nc1SCC(=O)c1ccc(Cl)c(Cl)c1. The Morgan fingerprint density at radius 1 is 1.33 bits per heavy atom. The smallest absolute Gasteiger partial charge is 0.293 e. The van der Waals surface area contributed by atoms with E-state index in [2.05, 4.69) is 10.1 Å². The first-order valence-electron chi connectivity index (χ1n) is 5.67. The van der Waals surface area contributed by atoms with Gasteiger partial charge in [-0.2, -0.15) is 4.98 Å². The Morgan fingerprint density at radius 3 is 2.71 bits per heavy atom. The van der Waals surface area contributed by atoms with Crippen LogP contribution in [0, 0.1) is 0 Å². The molecule has 0 aliphatic heterocycles. The van der Waals surface area contributed by atoms with Crippen LogP contribution in [0.2, 0.25) is 10.0 Å². The maximum atomic E-state index is 12.0. The maximum absolute atomic E-state index is 12.0. The van der Waals surface area contributed by atoms with Crippen LogP contribution in [0.5, 0.6) is 0 Å². The van der Waals surface area contributed by atoms with Crippen molar-refractivity contribution in [2.75, 3.05) is 5.75 Å². The van der Waals surface area contributed by atoms with Gasteiger partial charge in [0.1, 0.15) is 0 Å². The molecule has 1 heterocycles. The topological polar surface area (TPSA) is 84.8 Å². The van der Waals surface area contributed by atoms with Crippen molar-refractivity contribution in [3.8, 4) is 0 Å². The van der Waals surface area contributed by atoms with E-state index in [1.807, 2.05) is 0 Å². The highest BCUT2D eigenvalue weighted by atomic mass is 35.5. The molecule has 0 unspecified atom stereocenters. The van der Waals surface area contributed by atoms with Gasteiger partial charge in [-0.3, -0.25) is 24.2 Å². The van der Waals surface area contributed by atoms with Crippen LogP contribution in [0.1, 0.15) is 10.4 Å². The number of aromatic nitrogens is 3. The zero-order valence-electron chi connectivity index (χ0n) is 10.7. The Balaban J connectivity index is 2.14. The molecule has 0 spiro atoms. The quantitative estimate of drug-likeness (QED) is 0.518. The molecule has 1 N–H and O–H groups in total. The fourth-order valence-electron chi connectivity index (χ4n) is 1.47. The average Bonchev–Trinajstić information content (AvgIpc) is 2.44. The minimum atomic E-state index is -0.891. The minimum Gasteiger partial charge on any atom is -0.293 e. The lowest BCUT2D eigenvalue weighted by Gasteiger charge is -2.06. The van der Waals surface area contributed by atoms with Crippen LogP contribution < -0.4 is 11.1 Å². The van der Waals surface area contributed by atoms with Crippen LogP contribution in [-0.2, 0) is 7.05 Å². The summed E-state index contributed by atoms with van der Waals surface area (Å²) in [6.45, 7) is 0. The minimum absolute atomic E-state index is 0.0459. The van der Waals surface area contributed by atoms with E-state index in [1.165, 1.54) is 23.9 Å². The summed E-state index contributed by atoms with van der Waals surface area (Å²) in [5.41, 5.74) is -1.29. The Morgan fingerprint density at radius 2 is 2.05 bits per heavy atom. The number of thioether (sulfide) groups is 1.